The van der Waals surface area contributed by atoms with Crippen molar-refractivity contribution in [1.82, 2.24) is 5.32 Å². The Morgan fingerprint density at radius 2 is 1.90 bits per heavy atom. The molecule has 0 aliphatic heterocycles. The van der Waals surface area contributed by atoms with Gasteiger partial charge < -0.3 is 10.4 Å². The Balaban J connectivity index is 1.92. The lowest BCUT2D eigenvalue weighted by Gasteiger charge is -2.07. The van der Waals surface area contributed by atoms with Crippen molar-refractivity contribution in [3.05, 3.63) is 65.0 Å². The molecule has 3 nitrogen and oxygen atoms in total. The number of phenols is 1. The molecule has 0 saturated heterocycles. The Morgan fingerprint density at radius 3 is 2.60 bits per heavy atom. The molecule has 0 atom stereocenters. The number of halogens is 1. The number of carbonyl (C=O) groups is 1. The Labute approximate surface area is 117 Å². The first kappa shape index (κ1) is 14.1. The van der Waals surface area contributed by atoms with Crippen LogP contribution in [-0.2, 0) is 6.42 Å². The van der Waals surface area contributed by atoms with Crippen LogP contribution in [0, 0.1) is 12.7 Å². The van der Waals surface area contributed by atoms with Gasteiger partial charge in [0.15, 0.2) is 0 Å². The smallest absolute Gasteiger partial charge is 0.255 e. The number of phenolic OH excluding ortho intramolecular Hbond substituents is 1. The third kappa shape index (κ3) is 3.57. The second-order valence-corrected chi connectivity index (χ2v) is 4.65. The first-order valence-corrected chi connectivity index (χ1v) is 6.38. The molecule has 0 saturated carbocycles. The number of carbonyl (C=O) groups excluding carboxylic acids is 1. The summed E-state index contributed by atoms with van der Waals surface area (Å²) in [6.07, 6.45) is 0.610. The van der Waals surface area contributed by atoms with Crippen molar-refractivity contribution < 1.29 is 14.3 Å². The second-order valence-electron chi connectivity index (χ2n) is 4.65. The number of benzene rings is 2. The largest absolute Gasteiger partial charge is 0.507 e. The van der Waals surface area contributed by atoms with E-state index in [2.05, 4.69) is 5.32 Å². The lowest BCUT2D eigenvalue weighted by molar-refractivity contribution is 0.0951. The van der Waals surface area contributed by atoms with Crippen LogP contribution in [0.3, 0.4) is 0 Å². The topological polar surface area (TPSA) is 49.3 Å². The average molecular weight is 273 g/mol. The first-order chi connectivity index (χ1) is 9.56. The zero-order valence-electron chi connectivity index (χ0n) is 11.2. The van der Waals surface area contributed by atoms with E-state index < -0.39 is 0 Å². The first-order valence-electron chi connectivity index (χ1n) is 6.38. The van der Waals surface area contributed by atoms with Crippen molar-refractivity contribution in [3.63, 3.8) is 0 Å². The van der Waals surface area contributed by atoms with E-state index in [0.717, 1.165) is 11.1 Å². The molecule has 1 amide bonds. The number of rotatable bonds is 4. The van der Waals surface area contributed by atoms with Crippen LogP contribution in [0.1, 0.15) is 21.5 Å². The summed E-state index contributed by atoms with van der Waals surface area (Å²) < 4.78 is 12.7. The molecular formula is C16H16FNO2. The molecule has 0 aliphatic rings. The van der Waals surface area contributed by atoms with E-state index in [-0.39, 0.29) is 23.0 Å². The predicted molar refractivity (Wildman–Crippen MR) is 75.3 cm³/mol. The van der Waals surface area contributed by atoms with E-state index in [9.17, 15) is 14.3 Å². The van der Waals surface area contributed by atoms with Gasteiger partial charge in [0.25, 0.3) is 5.91 Å². The summed E-state index contributed by atoms with van der Waals surface area (Å²) in [5.41, 5.74) is 2.12. The summed E-state index contributed by atoms with van der Waals surface area (Å²) in [7, 11) is 0. The molecular weight excluding hydrogens is 257 g/mol. The highest BCUT2D eigenvalue weighted by atomic mass is 19.1. The molecule has 2 aromatic rings. The van der Waals surface area contributed by atoms with Crippen molar-refractivity contribution in [2.24, 2.45) is 0 Å². The summed E-state index contributed by atoms with van der Waals surface area (Å²) >= 11 is 0. The van der Waals surface area contributed by atoms with E-state index in [1.54, 1.807) is 24.3 Å². The maximum atomic E-state index is 12.7. The molecule has 0 bridgehead atoms. The van der Waals surface area contributed by atoms with Crippen LogP contribution in [0.2, 0.25) is 0 Å². The van der Waals surface area contributed by atoms with Gasteiger partial charge in [0.1, 0.15) is 11.6 Å². The highest BCUT2D eigenvalue weighted by Gasteiger charge is 2.10. The fraction of sp³-hybridized carbons (Fsp3) is 0.188. The molecule has 4 heteroatoms. The molecule has 0 radical (unpaired) electrons. The minimum Gasteiger partial charge on any atom is -0.507 e. The lowest BCUT2D eigenvalue weighted by Crippen LogP contribution is -2.25. The van der Waals surface area contributed by atoms with Gasteiger partial charge in [-0.05, 0) is 43.2 Å². The van der Waals surface area contributed by atoms with Gasteiger partial charge in [-0.2, -0.15) is 0 Å². The SMILES string of the molecule is Cc1ccc(O)c(C(=O)NCCc2ccc(F)cc2)c1. The normalized spacial score (nSPS) is 10.3. The number of amides is 1. The van der Waals surface area contributed by atoms with Crippen molar-refractivity contribution in [2.75, 3.05) is 6.54 Å². The number of aryl methyl sites for hydroxylation is 1. The van der Waals surface area contributed by atoms with Crippen molar-refractivity contribution >= 4 is 5.91 Å². The van der Waals surface area contributed by atoms with Crippen molar-refractivity contribution in [2.45, 2.75) is 13.3 Å². The average Bonchev–Trinajstić information content (AvgIpc) is 2.43. The molecule has 0 unspecified atom stereocenters. The Bertz CT molecular complexity index is 608. The number of hydrogen-bond acceptors (Lipinski definition) is 2. The molecule has 0 spiro atoms. The predicted octanol–water partition coefficient (Wildman–Crippen LogP) is 2.81. The lowest BCUT2D eigenvalue weighted by atomic mass is 10.1. The molecule has 0 fully saturated rings. The molecule has 0 aromatic heterocycles. The highest BCUT2D eigenvalue weighted by Crippen LogP contribution is 2.17. The van der Waals surface area contributed by atoms with Gasteiger partial charge in [0.05, 0.1) is 5.56 Å². The van der Waals surface area contributed by atoms with Gasteiger partial charge in [-0.3, -0.25) is 4.79 Å². The van der Waals surface area contributed by atoms with Crippen LogP contribution in [0.5, 0.6) is 5.75 Å². The standard InChI is InChI=1S/C16H16FNO2/c1-11-2-7-15(19)14(10-11)16(20)18-9-8-12-3-5-13(17)6-4-12/h2-7,10,19H,8-9H2,1H3,(H,18,20). The molecule has 0 aliphatic carbocycles. The molecule has 20 heavy (non-hydrogen) atoms. The molecule has 2 N–H and O–H groups in total. The van der Waals surface area contributed by atoms with Gasteiger partial charge in [0.2, 0.25) is 0 Å². The van der Waals surface area contributed by atoms with Crippen LogP contribution in [0.4, 0.5) is 4.39 Å². The van der Waals surface area contributed by atoms with Gasteiger partial charge in [-0.15, -0.1) is 0 Å². The quantitative estimate of drug-likeness (QED) is 0.900. The third-order valence-corrected chi connectivity index (χ3v) is 3.01. The van der Waals surface area contributed by atoms with Crippen LogP contribution in [0.25, 0.3) is 0 Å². The Kier molecular flexibility index (Phi) is 4.35. The van der Waals surface area contributed by atoms with Gasteiger partial charge in [-0.25, -0.2) is 4.39 Å². The number of hydrogen-bond donors (Lipinski definition) is 2. The Hall–Kier alpha value is -2.36. The van der Waals surface area contributed by atoms with Gasteiger partial charge >= 0.3 is 0 Å². The van der Waals surface area contributed by atoms with Crippen molar-refractivity contribution in [1.29, 1.82) is 0 Å². The van der Waals surface area contributed by atoms with Crippen LogP contribution >= 0.6 is 0 Å². The maximum absolute atomic E-state index is 12.7. The zero-order chi connectivity index (χ0) is 14.5. The van der Waals surface area contributed by atoms with Crippen molar-refractivity contribution in [3.8, 4) is 5.75 Å². The van der Waals surface area contributed by atoms with Gasteiger partial charge in [-0.1, -0.05) is 23.8 Å². The van der Waals surface area contributed by atoms with E-state index in [1.165, 1.54) is 18.2 Å². The van der Waals surface area contributed by atoms with E-state index in [1.807, 2.05) is 6.92 Å². The summed E-state index contributed by atoms with van der Waals surface area (Å²) in [5, 5.41) is 12.4. The summed E-state index contributed by atoms with van der Waals surface area (Å²) in [6.45, 7) is 2.28. The molecule has 104 valence electrons. The number of aromatic hydroxyl groups is 1. The highest BCUT2D eigenvalue weighted by molar-refractivity contribution is 5.96. The van der Waals surface area contributed by atoms with E-state index in [0.29, 0.717) is 13.0 Å². The van der Waals surface area contributed by atoms with E-state index >= 15 is 0 Å². The molecule has 2 rings (SSSR count). The monoisotopic (exact) mass is 273 g/mol. The van der Waals surface area contributed by atoms with Crippen LogP contribution in [0.15, 0.2) is 42.5 Å². The summed E-state index contributed by atoms with van der Waals surface area (Å²) in [4.78, 5) is 11.9. The summed E-state index contributed by atoms with van der Waals surface area (Å²) in [6, 6.07) is 11.0. The van der Waals surface area contributed by atoms with Crippen LogP contribution < -0.4 is 5.32 Å². The maximum Gasteiger partial charge on any atom is 0.255 e. The minimum absolute atomic E-state index is 0.0325. The number of nitrogens with one attached hydrogen (secondary N) is 1. The Morgan fingerprint density at radius 1 is 1.20 bits per heavy atom. The molecule has 2 aromatic carbocycles. The van der Waals surface area contributed by atoms with E-state index in [4.69, 9.17) is 0 Å². The zero-order valence-corrected chi connectivity index (χ0v) is 11.2. The van der Waals surface area contributed by atoms with Gasteiger partial charge in [0, 0.05) is 6.54 Å². The minimum atomic E-state index is -0.312. The summed E-state index contributed by atoms with van der Waals surface area (Å²) in [5.74, 6) is -0.620. The second kappa shape index (κ2) is 6.19. The molecule has 0 heterocycles. The fourth-order valence-electron chi connectivity index (χ4n) is 1.90. The van der Waals surface area contributed by atoms with Crippen LogP contribution in [-0.4, -0.2) is 17.6 Å². The third-order valence-electron chi connectivity index (χ3n) is 3.01. The fourth-order valence-corrected chi connectivity index (χ4v) is 1.90.